The average Bonchev–Trinajstić information content (AvgIpc) is 2.63. The summed E-state index contributed by atoms with van der Waals surface area (Å²) in [4.78, 5) is 13.7. The molecule has 0 saturated carbocycles. The van der Waals surface area contributed by atoms with Gasteiger partial charge < -0.3 is 14.4 Å². The Morgan fingerprint density at radius 2 is 2.47 bits per heavy atom. The lowest BCUT2D eigenvalue weighted by Gasteiger charge is -2.29. The molecular weight excluding hydrogens is 194 g/mol. The highest BCUT2D eigenvalue weighted by Crippen LogP contribution is 2.16. The maximum absolute atomic E-state index is 12.0. The fraction of sp³-hybridized carbons (Fsp3) is 0.545. The quantitative estimate of drug-likeness (QED) is 0.755. The van der Waals surface area contributed by atoms with Gasteiger partial charge in [0.25, 0.3) is 5.91 Å². The van der Waals surface area contributed by atoms with Crippen LogP contribution in [0, 0.1) is 6.92 Å². The molecule has 1 atom stereocenters. The molecule has 15 heavy (non-hydrogen) atoms. The zero-order valence-electron chi connectivity index (χ0n) is 8.77. The number of hydrogen-bond donors (Lipinski definition) is 1. The minimum Gasteiger partial charge on any atom is -0.469 e. The van der Waals surface area contributed by atoms with Gasteiger partial charge in [-0.05, 0) is 25.8 Å². The third kappa shape index (κ3) is 2.04. The summed E-state index contributed by atoms with van der Waals surface area (Å²) in [5.74, 6) is 0.597. The van der Waals surface area contributed by atoms with Gasteiger partial charge in [0.2, 0.25) is 0 Å². The number of aryl methyl sites for hydroxylation is 1. The second kappa shape index (κ2) is 4.06. The van der Waals surface area contributed by atoms with Crippen molar-refractivity contribution < 1.29 is 14.3 Å². The normalized spacial score (nSPS) is 21.7. The van der Waals surface area contributed by atoms with Gasteiger partial charge in [0.1, 0.15) is 5.76 Å². The molecule has 1 N–H and O–H groups in total. The molecule has 1 unspecified atom stereocenters. The molecule has 1 aliphatic rings. The molecule has 4 heteroatoms. The van der Waals surface area contributed by atoms with Crippen LogP contribution in [0.3, 0.4) is 0 Å². The highest BCUT2D eigenvalue weighted by molar-refractivity contribution is 5.95. The molecule has 2 rings (SSSR count). The molecule has 4 nitrogen and oxygen atoms in total. The second-order valence-electron chi connectivity index (χ2n) is 3.94. The van der Waals surface area contributed by atoms with E-state index in [2.05, 4.69) is 0 Å². The first kappa shape index (κ1) is 10.2. The van der Waals surface area contributed by atoms with Crippen LogP contribution < -0.4 is 0 Å². The standard InChI is InChI=1S/C11H15NO3/c1-8-10(4-6-15-8)11(14)12-5-2-3-9(13)7-12/h4,6,9,13H,2-3,5,7H2,1H3. The lowest BCUT2D eigenvalue weighted by molar-refractivity contribution is 0.0472. The maximum atomic E-state index is 12.0. The van der Waals surface area contributed by atoms with Gasteiger partial charge in [0, 0.05) is 13.1 Å². The Labute approximate surface area is 88.5 Å². The summed E-state index contributed by atoms with van der Waals surface area (Å²) in [6.07, 6.45) is 2.79. The Kier molecular flexibility index (Phi) is 2.77. The van der Waals surface area contributed by atoms with Crippen molar-refractivity contribution in [2.45, 2.75) is 25.9 Å². The van der Waals surface area contributed by atoms with Gasteiger partial charge in [0.15, 0.2) is 0 Å². The summed E-state index contributed by atoms with van der Waals surface area (Å²) in [5.41, 5.74) is 0.601. The van der Waals surface area contributed by atoms with Crippen LogP contribution in [0.5, 0.6) is 0 Å². The van der Waals surface area contributed by atoms with E-state index in [0.29, 0.717) is 17.9 Å². The number of rotatable bonds is 1. The summed E-state index contributed by atoms with van der Waals surface area (Å²) < 4.78 is 5.09. The largest absolute Gasteiger partial charge is 0.469 e. The molecule has 1 amide bonds. The smallest absolute Gasteiger partial charge is 0.257 e. The lowest BCUT2D eigenvalue weighted by atomic mass is 10.1. The first-order valence-electron chi connectivity index (χ1n) is 5.20. The number of amides is 1. The number of carbonyl (C=O) groups excluding carboxylic acids is 1. The van der Waals surface area contributed by atoms with E-state index in [1.165, 1.54) is 6.26 Å². The van der Waals surface area contributed by atoms with Gasteiger partial charge in [-0.2, -0.15) is 0 Å². The number of hydrogen-bond acceptors (Lipinski definition) is 3. The molecule has 0 radical (unpaired) electrons. The summed E-state index contributed by atoms with van der Waals surface area (Å²) in [5, 5.41) is 9.48. The van der Waals surface area contributed by atoms with Crippen molar-refractivity contribution in [3.63, 3.8) is 0 Å². The van der Waals surface area contributed by atoms with E-state index in [9.17, 15) is 9.90 Å². The van der Waals surface area contributed by atoms with Gasteiger partial charge in [-0.1, -0.05) is 0 Å². The zero-order chi connectivity index (χ0) is 10.8. The van der Waals surface area contributed by atoms with E-state index in [-0.39, 0.29) is 12.0 Å². The van der Waals surface area contributed by atoms with Gasteiger partial charge in [0.05, 0.1) is 17.9 Å². The average molecular weight is 209 g/mol. The summed E-state index contributed by atoms with van der Waals surface area (Å²) in [6, 6.07) is 1.68. The van der Waals surface area contributed by atoms with Crippen LogP contribution in [0.25, 0.3) is 0 Å². The van der Waals surface area contributed by atoms with E-state index in [4.69, 9.17) is 4.42 Å². The van der Waals surface area contributed by atoms with Crippen LogP contribution >= 0.6 is 0 Å². The van der Waals surface area contributed by atoms with Crippen molar-refractivity contribution in [3.8, 4) is 0 Å². The minimum absolute atomic E-state index is 0.0417. The number of β-amino-alcohol motifs (C(OH)–C–C–N with tert-alkyl or cyclic N) is 1. The van der Waals surface area contributed by atoms with Crippen molar-refractivity contribution in [2.24, 2.45) is 0 Å². The van der Waals surface area contributed by atoms with Crippen molar-refractivity contribution in [1.82, 2.24) is 4.90 Å². The van der Waals surface area contributed by atoms with Crippen molar-refractivity contribution in [2.75, 3.05) is 13.1 Å². The Hall–Kier alpha value is -1.29. The Morgan fingerprint density at radius 1 is 1.67 bits per heavy atom. The van der Waals surface area contributed by atoms with Gasteiger partial charge in [-0.15, -0.1) is 0 Å². The van der Waals surface area contributed by atoms with E-state index in [1.54, 1.807) is 17.9 Å². The number of nitrogens with zero attached hydrogens (tertiary/aromatic N) is 1. The van der Waals surface area contributed by atoms with Gasteiger partial charge in [-0.25, -0.2) is 0 Å². The zero-order valence-corrected chi connectivity index (χ0v) is 8.77. The van der Waals surface area contributed by atoms with Gasteiger partial charge >= 0.3 is 0 Å². The fourth-order valence-electron chi connectivity index (χ4n) is 1.92. The predicted octanol–water partition coefficient (Wildman–Crippen LogP) is 1.18. The molecule has 0 aromatic carbocycles. The lowest BCUT2D eigenvalue weighted by Crippen LogP contribution is -2.42. The van der Waals surface area contributed by atoms with Crippen LogP contribution in [-0.4, -0.2) is 35.1 Å². The molecule has 1 saturated heterocycles. The highest BCUT2D eigenvalue weighted by atomic mass is 16.3. The van der Waals surface area contributed by atoms with Crippen molar-refractivity contribution >= 4 is 5.91 Å². The van der Waals surface area contributed by atoms with E-state index in [1.807, 2.05) is 0 Å². The van der Waals surface area contributed by atoms with Gasteiger partial charge in [-0.3, -0.25) is 4.79 Å². The number of aliphatic hydroxyl groups excluding tert-OH is 1. The Morgan fingerprint density at radius 3 is 3.07 bits per heavy atom. The maximum Gasteiger partial charge on any atom is 0.257 e. The summed E-state index contributed by atoms with van der Waals surface area (Å²) >= 11 is 0. The number of furan rings is 1. The third-order valence-corrected chi connectivity index (χ3v) is 2.77. The van der Waals surface area contributed by atoms with E-state index >= 15 is 0 Å². The number of likely N-dealkylation sites (tertiary alicyclic amines) is 1. The molecule has 1 fully saturated rings. The van der Waals surface area contributed by atoms with Crippen molar-refractivity contribution in [1.29, 1.82) is 0 Å². The molecule has 2 heterocycles. The highest BCUT2D eigenvalue weighted by Gasteiger charge is 2.24. The molecule has 1 aliphatic heterocycles. The van der Waals surface area contributed by atoms with Crippen LogP contribution in [0.4, 0.5) is 0 Å². The predicted molar refractivity (Wildman–Crippen MR) is 54.6 cm³/mol. The summed E-state index contributed by atoms with van der Waals surface area (Å²) in [7, 11) is 0. The number of carbonyl (C=O) groups is 1. The molecule has 0 bridgehead atoms. The number of piperidine rings is 1. The minimum atomic E-state index is -0.380. The number of aliphatic hydroxyl groups is 1. The first-order valence-corrected chi connectivity index (χ1v) is 5.20. The molecule has 82 valence electrons. The molecule has 0 aliphatic carbocycles. The van der Waals surface area contributed by atoms with Crippen LogP contribution in [0.1, 0.15) is 29.0 Å². The SMILES string of the molecule is Cc1occc1C(=O)N1CCCC(O)C1. The second-order valence-corrected chi connectivity index (χ2v) is 3.94. The first-order chi connectivity index (χ1) is 7.18. The van der Waals surface area contributed by atoms with Crippen LogP contribution in [0.2, 0.25) is 0 Å². The molecular formula is C11H15NO3. The fourth-order valence-corrected chi connectivity index (χ4v) is 1.92. The topological polar surface area (TPSA) is 53.7 Å². The van der Waals surface area contributed by atoms with Crippen LogP contribution in [-0.2, 0) is 0 Å². The Balaban J connectivity index is 2.11. The third-order valence-electron chi connectivity index (χ3n) is 2.77. The summed E-state index contributed by atoms with van der Waals surface area (Å²) in [6.45, 7) is 2.93. The Bertz CT molecular complexity index is 358. The molecule has 1 aromatic rings. The van der Waals surface area contributed by atoms with Crippen molar-refractivity contribution in [3.05, 3.63) is 23.7 Å². The van der Waals surface area contributed by atoms with Crippen LogP contribution in [0.15, 0.2) is 16.7 Å². The monoisotopic (exact) mass is 209 g/mol. The molecule has 0 spiro atoms. The molecule has 1 aromatic heterocycles. The van der Waals surface area contributed by atoms with E-state index < -0.39 is 0 Å². The van der Waals surface area contributed by atoms with E-state index in [0.717, 1.165) is 19.4 Å².